The average Bonchev–Trinajstić information content (AvgIpc) is 3.28. The van der Waals surface area contributed by atoms with Crippen molar-refractivity contribution in [3.63, 3.8) is 0 Å². The minimum absolute atomic E-state index is 0.00750. The molecule has 2 amide bonds. The minimum Gasteiger partial charge on any atom is -0.456 e. The molecule has 0 aliphatic carbocycles. The maximum atomic E-state index is 12.3. The molecule has 1 atom stereocenters. The van der Waals surface area contributed by atoms with Gasteiger partial charge in [-0.25, -0.2) is 5.01 Å². The predicted molar refractivity (Wildman–Crippen MR) is 113 cm³/mol. The van der Waals surface area contributed by atoms with Gasteiger partial charge in [0.05, 0.1) is 24.7 Å². The van der Waals surface area contributed by atoms with Crippen LogP contribution in [0.2, 0.25) is 0 Å². The second kappa shape index (κ2) is 10.3. The van der Waals surface area contributed by atoms with E-state index < -0.39 is 5.97 Å². The second-order valence-corrected chi connectivity index (χ2v) is 7.04. The summed E-state index contributed by atoms with van der Waals surface area (Å²) in [5, 5.41) is 8.52. The van der Waals surface area contributed by atoms with Gasteiger partial charge in [-0.15, -0.1) is 0 Å². The van der Waals surface area contributed by atoms with Crippen LogP contribution in [0.5, 0.6) is 0 Å². The van der Waals surface area contributed by atoms with Gasteiger partial charge in [0.15, 0.2) is 6.61 Å². The van der Waals surface area contributed by atoms with Gasteiger partial charge in [-0.1, -0.05) is 60.7 Å². The first-order chi connectivity index (χ1) is 14.5. The SMILES string of the molecule is C[C@@H](NC(=O)COC(=O)CCC(=O)N1CCC(c2ccccc2)=N1)c1ccccc1. The molecule has 0 spiro atoms. The molecule has 2 aromatic carbocycles. The number of benzene rings is 2. The monoisotopic (exact) mass is 407 g/mol. The lowest BCUT2D eigenvalue weighted by Crippen LogP contribution is -2.31. The third kappa shape index (κ3) is 6.01. The Balaban J connectivity index is 1.38. The van der Waals surface area contributed by atoms with E-state index >= 15 is 0 Å². The van der Waals surface area contributed by atoms with Gasteiger partial charge in [-0.2, -0.15) is 5.10 Å². The van der Waals surface area contributed by atoms with Gasteiger partial charge in [-0.3, -0.25) is 14.4 Å². The van der Waals surface area contributed by atoms with Crippen molar-refractivity contribution < 1.29 is 19.1 Å². The lowest BCUT2D eigenvalue weighted by Gasteiger charge is -2.14. The van der Waals surface area contributed by atoms with Crippen molar-refractivity contribution in [3.8, 4) is 0 Å². The molecule has 0 fully saturated rings. The average molecular weight is 407 g/mol. The van der Waals surface area contributed by atoms with Gasteiger partial charge in [0.2, 0.25) is 5.91 Å². The molecule has 0 saturated carbocycles. The van der Waals surface area contributed by atoms with Gasteiger partial charge in [0.1, 0.15) is 0 Å². The first kappa shape index (κ1) is 21.2. The summed E-state index contributed by atoms with van der Waals surface area (Å²) in [6.07, 6.45) is 0.583. The molecule has 2 aromatic rings. The fraction of sp³-hybridized carbons (Fsp3) is 0.304. The molecule has 30 heavy (non-hydrogen) atoms. The molecular formula is C23H25N3O4. The molecule has 0 unspecified atom stereocenters. The Morgan fingerprint density at radius 2 is 1.70 bits per heavy atom. The highest BCUT2D eigenvalue weighted by atomic mass is 16.5. The van der Waals surface area contributed by atoms with Crippen LogP contribution in [0.3, 0.4) is 0 Å². The number of ether oxygens (including phenoxy) is 1. The van der Waals surface area contributed by atoms with E-state index in [4.69, 9.17) is 4.74 Å². The molecule has 0 bridgehead atoms. The highest BCUT2D eigenvalue weighted by molar-refractivity contribution is 6.02. The van der Waals surface area contributed by atoms with E-state index in [1.54, 1.807) is 0 Å². The third-order valence-electron chi connectivity index (χ3n) is 4.78. The summed E-state index contributed by atoms with van der Waals surface area (Å²) in [6, 6.07) is 19.0. The summed E-state index contributed by atoms with van der Waals surface area (Å²) in [7, 11) is 0. The largest absolute Gasteiger partial charge is 0.456 e. The zero-order chi connectivity index (χ0) is 21.3. The fourth-order valence-electron chi connectivity index (χ4n) is 3.14. The van der Waals surface area contributed by atoms with E-state index in [-0.39, 0.29) is 37.3 Å². The van der Waals surface area contributed by atoms with Crippen molar-refractivity contribution in [3.05, 3.63) is 71.8 Å². The standard InChI is InChI=1S/C23H25N3O4/c1-17(18-8-4-2-5-9-18)24-21(27)16-30-23(29)13-12-22(28)26-15-14-20(25-26)19-10-6-3-7-11-19/h2-11,17H,12-16H2,1H3,(H,24,27)/t17-/m1/s1. The summed E-state index contributed by atoms with van der Waals surface area (Å²) >= 11 is 0. The van der Waals surface area contributed by atoms with Crippen molar-refractivity contribution in [2.24, 2.45) is 5.10 Å². The zero-order valence-electron chi connectivity index (χ0n) is 16.9. The molecule has 7 nitrogen and oxygen atoms in total. The van der Waals surface area contributed by atoms with Crippen molar-refractivity contribution in [2.75, 3.05) is 13.2 Å². The van der Waals surface area contributed by atoms with Crippen LogP contribution in [0.15, 0.2) is 65.8 Å². The molecule has 1 aliphatic heterocycles. The molecule has 1 N–H and O–H groups in total. The Morgan fingerprint density at radius 1 is 1.03 bits per heavy atom. The van der Waals surface area contributed by atoms with Gasteiger partial charge in [0, 0.05) is 12.8 Å². The maximum absolute atomic E-state index is 12.3. The third-order valence-corrected chi connectivity index (χ3v) is 4.78. The van der Waals surface area contributed by atoms with Crippen LogP contribution in [-0.4, -0.2) is 41.7 Å². The number of hydrogen-bond donors (Lipinski definition) is 1. The highest BCUT2D eigenvalue weighted by Gasteiger charge is 2.22. The van der Waals surface area contributed by atoms with Crippen LogP contribution in [0.25, 0.3) is 0 Å². The Bertz CT molecular complexity index is 913. The number of hydrogen-bond acceptors (Lipinski definition) is 5. The van der Waals surface area contributed by atoms with E-state index in [2.05, 4.69) is 10.4 Å². The number of nitrogens with zero attached hydrogens (tertiary/aromatic N) is 2. The van der Waals surface area contributed by atoms with Crippen LogP contribution in [0.1, 0.15) is 43.4 Å². The lowest BCUT2D eigenvalue weighted by atomic mass is 10.1. The molecule has 3 rings (SSSR count). The van der Waals surface area contributed by atoms with E-state index in [0.717, 1.165) is 16.8 Å². The molecule has 156 valence electrons. The molecule has 1 heterocycles. The number of carbonyl (C=O) groups excluding carboxylic acids is 3. The first-order valence-electron chi connectivity index (χ1n) is 9.96. The summed E-state index contributed by atoms with van der Waals surface area (Å²) < 4.78 is 4.99. The molecule has 0 radical (unpaired) electrons. The Kier molecular flexibility index (Phi) is 7.32. The summed E-state index contributed by atoms with van der Waals surface area (Å²) in [4.78, 5) is 36.2. The number of hydrazone groups is 1. The van der Waals surface area contributed by atoms with Gasteiger partial charge < -0.3 is 10.1 Å². The highest BCUT2D eigenvalue weighted by Crippen LogP contribution is 2.15. The second-order valence-electron chi connectivity index (χ2n) is 7.04. The number of nitrogens with one attached hydrogen (secondary N) is 1. The lowest BCUT2D eigenvalue weighted by molar-refractivity contribution is -0.150. The van der Waals surface area contributed by atoms with Crippen LogP contribution in [-0.2, 0) is 19.1 Å². The van der Waals surface area contributed by atoms with Gasteiger partial charge >= 0.3 is 5.97 Å². The van der Waals surface area contributed by atoms with Crippen molar-refractivity contribution >= 4 is 23.5 Å². The smallest absolute Gasteiger partial charge is 0.306 e. The van der Waals surface area contributed by atoms with Crippen LogP contribution >= 0.6 is 0 Å². The number of carbonyl (C=O) groups is 3. The summed E-state index contributed by atoms with van der Waals surface area (Å²) in [5.74, 6) is -1.21. The first-order valence-corrected chi connectivity index (χ1v) is 9.96. The summed E-state index contributed by atoms with van der Waals surface area (Å²) in [5.41, 5.74) is 2.81. The van der Waals surface area contributed by atoms with Crippen LogP contribution < -0.4 is 5.32 Å². The number of amides is 2. The molecule has 0 saturated heterocycles. The summed E-state index contributed by atoms with van der Waals surface area (Å²) in [6.45, 7) is 1.98. The van der Waals surface area contributed by atoms with Crippen molar-refractivity contribution in [1.29, 1.82) is 0 Å². The Labute approximate surface area is 175 Å². The topological polar surface area (TPSA) is 88.1 Å². The molecule has 0 aromatic heterocycles. The fourth-order valence-corrected chi connectivity index (χ4v) is 3.14. The predicted octanol–water partition coefficient (Wildman–Crippen LogP) is 2.82. The van der Waals surface area contributed by atoms with E-state index in [9.17, 15) is 14.4 Å². The normalized spacial score (nSPS) is 14.0. The molecular weight excluding hydrogens is 382 g/mol. The van der Waals surface area contributed by atoms with E-state index in [1.165, 1.54) is 5.01 Å². The Morgan fingerprint density at radius 3 is 2.40 bits per heavy atom. The van der Waals surface area contributed by atoms with Crippen molar-refractivity contribution in [1.82, 2.24) is 10.3 Å². The molecule has 1 aliphatic rings. The van der Waals surface area contributed by atoms with Gasteiger partial charge in [0.25, 0.3) is 5.91 Å². The maximum Gasteiger partial charge on any atom is 0.306 e. The number of rotatable bonds is 8. The Hall–Kier alpha value is -3.48. The molecule has 7 heteroatoms. The number of esters is 1. The van der Waals surface area contributed by atoms with Crippen LogP contribution in [0, 0.1) is 0 Å². The van der Waals surface area contributed by atoms with Crippen LogP contribution in [0.4, 0.5) is 0 Å². The van der Waals surface area contributed by atoms with E-state index in [1.807, 2.05) is 67.6 Å². The van der Waals surface area contributed by atoms with Gasteiger partial charge in [-0.05, 0) is 18.1 Å². The quantitative estimate of drug-likeness (QED) is 0.682. The minimum atomic E-state index is -0.586. The van der Waals surface area contributed by atoms with Crippen molar-refractivity contribution in [2.45, 2.75) is 32.2 Å². The zero-order valence-corrected chi connectivity index (χ0v) is 16.9. The van der Waals surface area contributed by atoms with E-state index in [0.29, 0.717) is 13.0 Å².